The van der Waals surface area contributed by atoms with Crippen molar-refractivity contribution >= 4 is 19.8 Å². The number of aliphatic hydroxyl groups excluding tert-OH is 2. The van der Waals surface area contributed by atoms with Crippen molar-refractivity contribution in [3.05, 3.63) is 12.2 Å². The van der Waals surface area contributed by atoms with Crippen LogP contribution >= 0.6 is 7.82 Å². The fourth-order valence-corrected chi connectivity index (χ4v) is 5.31. The minimum absolute atomic E-state index is 0.183. The van der Waals surface area contributed by atoms with Crippen molar-refractivity contribution in [2.24, 2.45) is 0 Å². The van der Waals surface area contributed by atoms with E-state index in [0.29, 0.717) is 12.8 Å². The predicted molar refractivity (Wildman–Crippen MR) is 173 cm³/mol. The van der Waals surface area contributed by atoms with E-state index in [-0.39, 0.29) is 12.8 Å². The van der Waals surface area contributed by atoms with E-state index in [1.807, 2.05) is 0 Å². The number of hydrogen-bond donors (Lipinski definition) is 3. The van der Waals surface area contributed by atoms with Gasteiger partial charge < -0.3 is 24.6 Å². The molecule has 0 rings (SSSR count). The Morgan fingerprint density at radius 1 is 0.591 bits per heavy atom. The first-order valence-corrected chi connectivity index (χ1v) is 18.6. The number of hydrogen-bond acceptors (Lipinski definition) is 9. The van der Waals surface area contributed by atoms with Gasteiger partial charge >= 0.3 is 19.8 Å². The van der Waals surface area contributed by atoms with Gasteiger partial charge in [0.05, 0.1) is 26.4 Å². The number of esters is 2. The highest BCUT2D eigenvalue weighted by Gasteiger charge is 2.27. The Hall–Kier alpha value is -1.29. The van der Waals surface area contributed by atoms with Gasteiger partial charge in [-0.15, -0.1) is 0 Å². The van der Waals surface area contributed by atoms with Crippen LogP contribution in [0.2, 0.25) is 0 Å². The number of aliphatic hydroxyl groups is 2. The Morgan fingerprint density at radius 2 is 0.977 bits per heavy atom. The van der Waals surface area contributed by atoms with Crippen LogP contribution in [0, 0.1) is 0 Å². The third kappa shape index (κ3) is 28.2. The smallest absolute Gasteiger partial charge is 0.457 e. The van der Waals surface area contributed by atoms with E-state index < -0.39 is 58.4 Å². The van der Waals surface area contributed by atoms with Gasteiger partial charge in [0.15, 0.2) is 0 Å². The van der Waals surface area contributed by atoms with Gasteiger partial charge in [-0.1, -0.05) is 116 Å². The summed E-state index contributed by atoms with van der Waals surface area (Å²) in [4.78, 5) is 34.1. The summed E-state index contributed by atoms with van der Waals surface area (Å²) in [7, 11) is -4.62. The van der Waals surface area contributed by atoms with Crippen LogP contribution in [0.4, 0.5) is 0 Å². The average Bonchev–Trinajstić information content (AvgIpc) is 3.01. The highest BCUT2D eigenvalue weighted by Crippen LogP contribution is 2.43. The summed E-state index contributed by atoms with van der Waals surface area (Å²) in [6.45, 7) is 2.09. The summed E-state index contributed by atoms with van der Waals surface area (Å²) in [6.07, 6.45) is 23.5. The first kappa shape index (κ1) is 42.7. The second kappa shape index (κ2) is 30.4. The summed E-state index contributed by atoms with van der Waals surface area (Å²) in [5.74, 6) is -1.03. The molecule has 0 aliphatic heterocycles. The van der Waals surface area contributed by atoms with E-state index in [9.17, 15) is 29.3 Å². The zero-order valence-corrected chi connectivity index (χ0v) is 28.5. The van der Waals surface area contributed by atoms with Crippen LogP contribution in [0.1, 0.15) is 149 Å². The fourth-order valence-electron chi connectivity index (χ4n) is 4.53. The zero-order chi connectivity index (χ0) is 32.7. The fraction of sp³-hybridized carbons (Fsp3) is 0.879. The van der Waals surface area contributed by atoms with Crippen LogP contribution in [0.3, 0.4) is 0 Å². The number of unbranched alkanes of at least 4 members (excludes halogenated alkanes) is 16. The van der Waals surface area contributed by atoms with Crippen LogP contribution in [0.5, 0.6) is 0 Å². The number of phosphoric ester groups is 1. The first-order chi connectivity index (χ1) is 21.3. The molecule has 0 aromatic heterocycles. The highest BCUT2D eigenvalue weighted by molar-refractivity contribution is 7.47. The quantitative estimate of drug-likeness (QED) is 0.0286. The SMILES string of the molecule is CCC/C=C\CCCCCCCC(=O)OC(CO)COP(=O)(O)OCC(CO)OC(=O)CCCCCCCCCCCCC. The lowest BCUT2D eigenvalue weighted by atomic mass is 10.1. The molecule has 0 saturated carbocycles. The monoisotopic (exact) mass is 650 g/mol. The molecule has 0 heterocycles. The van der Waals surface area contributed by atoms with Crippen LogP contribution in [-0.2, 0) is 32.7 Å². The van der Waals surface area contributed by atoms with E-state index >= 15 is 0 Å². The van der Waals surface area contributed by atoms with Gasteiger partial charge in [0.2, 0.25) is 0 Å². The molecule has 3 unspecified atom stereocenters. The summed E-state index contributed by atoms with van der Waals surface area (Å²) >= 11 is 0. The maximum Gasteiger partial charge on any atom is 0.472 e. The molecular weight excluding hydrogens is 587 g/mol. The van der Waals surface area contributed by atoms with E-state index in [2.05, 4.69) is 26.0 Å². The van der Waals surface area contributed by atoms with Gasteiger partial charge in [-0.3, -0.25) is 18.6 Å². The van der Waals surface area contributed by atoms with Crippen molar-refractivity contribution in [1.29, 1.82) is 0 Å². The second-order valence-corrected chi connectivity index (χ2v) is 13.0. The van der Waals surface area contributed by atoms with Crippen LogP contribution in [0.15, 0.2) is 12.2 Å². The zero-order valence-electron chi connectivity index (χ0n) is 27.6. The number of phosphoric acid groups is 1. The molecule has 0 aliphatic rings. The standard InChI is InChI=1S/C33H63O10P/c1-3-5-7-9-11-13-15-17-19-21-23-25-33(37)43-31(27-35)29-41-44(38,39)40-28-30(26-34)42-32(36)24-22-20-18-16-14-12-10-8-6-4-2/h8,10,30-31,34-35H,3-7,9,11-29H2,1-2H3,(H,38,39)/b10-8-. The van der Waals surface area contributed by atoms with E-state index in [1.165, 1.54) is 44.9 Å². The number of carbonyl (C=O) groups excluding carboxylic acids is 2. The van der Waals surface area contributed by atoms with Crippen LogP contribution in [-0.4, -0.2) is 65.7 Å². The number of rotatable bonds is 32. The Morgan fingerprint density at radius 3 is 1.39 bits per heavy atom. The van der Waals surface area contributed by atoms with Crippen molar-refractivity contribution < 1.29 is 47.8 Å². The molecule has 0 aromatic rings. The molecule has 0 aromatic carbocycles. The summed E-state index contributed by atoms with van der Waals surface area (Å²) < 4.78 is 32.3. The largest absolute Gasteiger partial charge is 0.472 e. The minimum atomic E-state index is -4.62. The molecule has 0 bridgehead atoms. The van der Waals surface area contributed by atoms with Crippen molar-refractivity contribution in [2.45, 2.75) is 161 Å². The molecule has 3 N–H and O–H groups in total. The molecule has 0 saturated heterocycles. The van der Waals surface area contributed by atoms with Gasteiger partial charge in [0.25, 0.3) is 0 Å². The van der Waals surface area contributed by atoms with E-state index in [1.54, 1.807) is 0 Å². The number of carbonyl (C=O) groups is 2. The maximum atomic E-state index is 12.2. The van der Waals surface area contributed by atoms with E-state index in [0.717, 1.165) is 64.2 Å². The van der Waals surface area contributed by atoms with Crippen molar-refractivity contribution in [2.75, 3.05) is 26.4 Å². The molecule has 260 valence electrons. The topological polar surface area (TPSA) is 149 Å². The first-order valence-electron chi connectivity index (χ1n) is 17.1. The molecule has 44 heavy (non-hydrogen) atoms. The van der Waals surface area contributed by atoms with Crippen LogP contribution < -0.4 is 0 Å². The molecule has 0 spiro atoms. The molecule has 3 atom stereocenters. The van der Waals surface area contributed by atoms with Crippen molar-refractivity contribution in [3.8, 4) is 0 Å². The Kier molecular flexibility index (Phi) is 29.5. The molecular formula is C33H63O10P. The summed E-state index contributed by atoms with van der Waals surface area (Å²) in [6, 6.07) is 0. The van der Waals surface area contributed by atoms with Crippen LogP contribution in [0.25, 0.3) is 0 Å². The summed E-state index contributed by atoms with van der Waals surface area (Å²) in [5, 5.41) is 19.0. The number of ether oxygens (including phenoxy) is 2. The second-order valence-electron chi connectivity index (χ2n) is 11.5. The van der Waals surface area contributed by atoms with Crippen molar-refractivity contribution in [1.82, 2.24) is 0 Å². The average molecular weight is 651 g/mol. The molecule has 10 nitrogen and oxygen atoms in total. The third-order valence-electron chi connectivity index (χ3n) is 7.21. The Balaban J connectivity index is 4.04. The third-order valence-corrected chi connectivity index (χ3v) is 8.16. The lowest BCUT2D eigenvalue weighted by Crippen LogP contribution is -2.28. The summed E-state index contributed by atoms with van der Waals surface area (Å²) in [5.41, 5.74) is 0. The lowest BCUT2D eigenvalue weighted by Gasteiger charge is -2.20. The Bertz CT molecular complexity index is 761. The molecule has 0 amide bonds. The Labute approximate surface area is 266 Å². The molecule has 0 radical (unpaired) electrons. The van der Waals surface area contributed by atoms with Gasteiger partial charge in [-0.25, -0.2) is 4.57 Å². The highest BCUT2D eigenvalue weighted by atomic mass is 31.2. The van der Waals surface area contributed by atoms with Gasteiger partial charge in [-0.2, -0.15) is 0 Å². The molecule has 0 fully saturated rings. The van der Waals surface area contributed by atoms with Crippen molar-refractivity contribution in [3.63, 3.8) is 0 Å². The predicted octanol–water partition coefficient (Wildman–Crippen LogP) is 7.72. The van der Waals surface area contributed by atoms with Gasteiger partial charge in [-0.05, 0) is 32.1 Å². The van der Waals surface area contributed by atoms with E-state index in [4.69, 9.17) is 18.5 Å². The molecule has 11 heteroatoms. The maximum absolute atomic E-state index is 12.2. The van der Waals surface area contributed by atoms with Gasteiger partial charge in [0.1, 0.15) is 12.2 Å². The van der Waals surface area contributed by atoms with Gasteiger partial charge in [0, 0.05) is 12.8 Å². The lowest BCUT2D eigenvalue weighted by molar-refractivity contribution is -0.153. The normalized spacial score (nSPS) is 14.4. The number of allylic oxidation sites excluding steroid dienone is 2. The minimum Gasteiger partial charge on any atom is -0.457 e. The molecule has 0 aliphatic carbocycles.